The zero-order valence-electron chi connectivity index (χ0n) is 15.0. The summed E-state index contributed by atoms with van der Waals surface area (Å²) >= 11 is 6.22. The van der Waals surface area contributed by atoms with Crippen LogP contribution in [0.25, 0.3) is 0 Å². The average molecular weight is 379 g/mol. The summed E-state index contributed by atoms with van der Waals surface area (Å²) in [6.45, 7) is 6.17. The molecule has 26 heavy (non-hydrogen) atoms. The van der Waals surface area contributed by atoms with E-state index in [0.717, 1.165) is 43.9 Å². The fraction of sp³-hybridized carbons (Fsp3) is 0.588. The average Bonchev–Trinajstić information content (AvgIpc) is 2.93. The number of rotatable bonds is 1. The first-order chi connectivity index (χ1) is 12.6. The molecular formula is C17H23ClN6O2. The number of anilines is 3. The van der Waals surface area contributed by atoms with Gasteiger partial charge in [-0.25, -0.2) is 4.98 Å². The van der Waals surface area contributed by atoms with E-state index < -0.39 is 0 Å². The molecule has 0 radical (unpaired) electrons. The summed E-state index contributed by atoms with van der Waals surface area (Å²) in [6.07, 6.45) is 4.30. The smallest absolute Gasteiger partial charge is 0.257 e. The van der Waals surface area contributed by atoms with Crippen molar-refractivity contribution in [2.45, 2.75) is 45.2 Å². The van der Waals surface area contributed by atoms with Crippen LogP contribution in [0.4, 0.5) is 17.5 Å². The molecule has 1 saturated heterocycles. The van der Waals surface area contributed by atoms with E-state index in [0.29, 0.717) is 35.3 Å². The Morgan fingerprint density at radius 1 is 1.23 bits per heavy atom. The van der Waals surface area contributed by atoms with Gasteiger partial charge in [0.1, 0.15) is 10.7 Å². The van der Waals surface area contributed by atoms with Crippen LogP contribution in [0.1, 0.15) is 37.9 Å². The molecule has 9 heteroatoms. The SMILES string of the molecule is Cc1c2c(nn1C1CCOCC1)OCCC(C)Nc1nc(ncc1Cl)N2. The Kier molecular flexibility index (Phi) is 4.86. The molecule has 2 bridgehead atoms. The van der Waals surface area contributed by atoms with Crippen LogP contribution >= 0.6 is 11.6 Å². The topological polar surface area (TPSA) is 86.1 Å². The Morgan fingerprint density at radius 2 is 2.04 bits per heavy atom. The standard InChI is InChI=1S/C17H23ClN6O2/c1-10-3-8-26-16-14(21-17-19-9-13(18)15(20-10)22-17)11(2)24(23-16)12-4-6-25-7-5-12/h9-10,12H,3-8H2,1-2H3,(H2,19,20,21,22). The van der Waals surface area contributed by atoms with Gasteiger partial charge in [0.05, 0.1) is 24.5 Å². The van der Waals surface area contributed by atoms with Crippen LogP contribution in [0.3, 0.4) is 0 Å². The van der Waals surface area contributed by atoms with E-state index >= 15 is 0 Å². The second kappa shape index (κ2) is 7.28. The lowest BCUT2D eigenvalue weighted by Crippen LogP contribution is -2.22. The van der Waals surface area contributed by atoms with Crippen molar-refractivity contribution in [2.24, 2.45) is 0 Å². The molecule has 2 aromatic heterocycles. The van der Waals surface area contributed by atoms with Gasteiger partial charge in [0.25, 0.3) is 5.88 Å². The van der Waals surface area contributed by atoms with Crippen molar-refractivity contribution in [3.05, 3.63) is 16.9 Å². The Bertz CT molecular complexity index is 790. The summed E-state index contributed by atoms with van der Waals surface area (Å²) in [5.41, 5.74) is 1.81. The third-order valence-corrected chi connectivity index (χ3v) is 5.08. The van der Waals surface area contributed by atoms with E-state index in [-0.39, 0.29) is 6.04 Å². The van der Waals surface area contributed by atoms with Gasteiger partial charge in [-0.1, -0.05) is 11.6 Å². The van der Waals surface area contributed by atoms with Gasteiger partial charge in [-0.3, -0.25) is 4.68 Å². The third-order valence-electron chi connectivity index (χ3n) is 4.81. The monoisotopic (exact) mass is 378 g/mol. The predicted molar refractivity (Wildman–Crippen MR) is 99.6 cm³/mol. The quantitative estimate of drug-likeness (QED) is 0.787. The van der Waals surface area contributed by atoms with Gasteiger partial charge in [0, 0.05) is 25.7 Å². The number of nitrogens with one attached hydrogen (secondary N) is 2. The second-order valence-corrected chi connectivity index (χ2v) is 7.16. The van der Waals surface area contributed by atoms with Crippen LogP contribution in [0.5, 0.6) is 5.88 Å². The van der Waals surface area contributed by atoms with Crippen LogP contribution in [-0.4, -0.2) is 45.6 Å². The van der Waals surface area contributed by atoms with E-state index in [1.807, 2.05) is 11.6 Å². The predicted octanol–water partition coefficient (Wildman–Crippen LogP) is 3.31. The molecule has 2 aliphatic heterocycles. The maximum Gasteiger partial charge on any atom is 0.257 e. The highest BCUT2D eigenvalue weighted by Crippen LogP contribution is 2.35. The first-order valence-corrected chi connectivity index (χ1v) is 9.35. The number of ether oxygens (including phenoxy) is 2. The third kappa shape index (κ3) is 3.43. The first-order valence-electron chi connectivity index (χ1n) is 8.97. The van der Waals surface area contributed by atoms with Gasteiger partial charge in [0.2, 0.25) is 5.95 Å². The van der Waals surface area contributed by atoms with Gasteiger partial charge in [-0.05, 0) is 26.7 Å². The zero-order chi connectivity index (χ0) is 18.1. The molecule has 2 aliphatic rings. The lowest BCUT2D eigenvalue weighted by molar-refractivity contribution is 0.0652. The van der Waals surface area contributed by atoms with Crippen molar-refractivity contribution < 1.29 is 9.47 Å². The summed E-state index contributed by atoms with van der Waals surface area (Å²) in [7, 11) is 0. The van der Waals surface area contributed by atoms with Crippen molar-refractivity contribution in [3.8, 4) is 5.88 Å². The highest BCUT2D eigenvalue weighted by molar-refractivity contribution is 6.32. The Labute approximate surface area is 157 Å². The highest BCUT2D eigenvalue weighted by atomic mass is 35.5. The lowest BCUT2D eigenvalue weighted by Gasteiger charge is -2.23. The first kappa shape index (κ1) is 17.4. The lowest BCUT2D eigenvalue weighted by atomic mass is 10.1. The molecule has 1 unspecified atom stereocenters. The summed E-state index contributed by atoms with van der Waals surface area (Å²) in [4.78, 5) is 8.80. The number of hydrogen-bond donors (Lipinski definition) is 2. The molecule has 2 N–H and O–H groups in total. The van der Waals surface area contributed by atoms with Gasteiger partial charge < -0.3 is 20.1 Å². The van der Waals surface area contributed by atoms with E-state index in [9.17, 15) is 0 Å². The molecule has 0 aliphatic carbocycles. The van der Waals surface area contributed by atoms with Crippen LogP contribution in [0, 0.1) is 6.92 Å². The minimum atomic E-state index is 0.162. The fourth-order valence-corrected chi connectivity index (χ4v) is 3.45. The van der Waals surface area contributed by atoms with Crippen LogP contribution in [0.2, 0.25) is 5.02 Å². The van der Waals surface area contributed by atoms with Crippen LogP contribution < -0.4 is 15.4 Å². The molecule has 0 aromatic carbocycles. The maximum absolute atomic E-state index is 6.22. The zero-order valence-corrected chi connectivity index (χ0v) is 15.7. The molecule has 4 heterocycles. The van der Waals surface area contributed by atoms with E-state index in [4.69, 9.17) is 26.2 Å². The van der Waals surface area contributed by atoms with Crippen molar-refractivity contribution in [1.29, 1.82) is 0 Å². The summed E-state index contributed by atoms with van der Waals surface area (Å²) in [6, 6.07) is 0.479. The molecule has 1 fully saturated rings. The van der Waals surface area contributed by atoms with Gasteiger partial charge in [0.15, 0.2) is 5.82 Å². The molecular weight excluding hydrogens is 356 g/mol. The van der Waals surface area contributed by atoms with Crippen LogP contribution in [-0.2, 0) is 4.74 Å². The molecule has 0 spiro atoms. The number of fused-ring (bicyclic) bond motifs is 3. The van der Waals surface area contributed by atoms with Crippen molar-refractivity contribution in [1.82, 2.24) is 19.7 Å². The van der Waals surface area contributed by atoms with Crippen molar-refractivity contribution >= 4 is 29.1 Å². The molecule has 0 amide bonds. The van der Waals surface area contributed by atoms with Crippen LogP contribution in [0.15, 0.2) is 6.20 Å². The highest BCUT2D eigenvalue weighted by Gasteiger charge is 2.25. The number of aromatic nitrogens is 4. The van der Waals surface area contributed by atoms with Gasteiger partial charge in [-0.15, -0.1) is 5.10 Å². The van der Waals surface area contributed by atoms with Crippen molar-refractivity contribution in [2.75, 3.05) is 30.5 Å². The second-order valence-electron chi connectivity index (χ2n) is 6.75. The van der Waals surface area contributed by atoms with E-state index in [1.54, 1.807) is 6.20 Å². The molecule has 8 nitrogen and oxygen atoms in total. The van der Waals surface area contributed by atoms with Crippen molar-refractivity contribution in [3.63, 3.8) is 0 Å². The number of nitrogens with zero attached hydrogens (tertiary/aromatic N) is 4. The Morgan fingerprint density at radius 3 is 2.85 bits per heavy atom. The molecule has 4 rings (SSSR count). The maximum atomic E-state index is 6.22. The number of hydrogen-bond acceptors (Lipinski definition) is 7. The minimum Gasteiger partial charge on any atom is -0.475 e. The Balaban J connectivity index is 1.72. The van der Waals surface area contributed by atoms with Gasteiger partial charge >= 0.3 is 0 Å². The fourth-order valence-electron chi connectivity index (χ4n) is 3.30. The Hall–Kier alpha value is -2.06. The molecule has 1 atom stereocenters. The summed E-state index contributed by atoms with van der Waals surface area (Å²) < 4.78 is 13.5. The van der Waals surface area contributed by atoms with E-state index in [2.05, 4.69) is 27.5 Å². The molecule has 0 saturated carbocycles. The molecule has 140 valence electrons. The van der Waals surface area contributed by atoms with Gasteiger partial charge in [-0.2, -0.15) is 4.98 Å². The van der Waals surface area contributed by atoms with E-state index in [1.165, 1.54) is 0 Å². The largest absolute Gasteiger partial charge is 0.475 e. The summed E-state index contributed by atoms with van der Waals surface area (Å²) in [5, 5.41) is 11.8. The minimum absolute atomic E-state index is 0.162. The molecule has 2 aromatic rings. The normalized spacial score (nSPS) is 21.0. The summed E-state index contributed by atoms with van der Waals surface area (Å²) in [5.74, 6) is 1.67. The number of halogens is 1.